The van der Waals surface area contributed by atoms with Crippen molar-refractivity contribution >= 4 is 15.9 Å². The quantitative estimate of drug-likeness (QED) is 0.916. The Morgan fingerprint density at radius 2 is 2.28 bits per heavy atom. The van der Waals surface area contributed by atoms with E-state index in [1.165, 1.54) is 18.9 Å². The zero-order valence-corrected chi connectivity index (χ0v) is 12.2. The van der Waals surface area contributed by atoms with E-state index < -0.39 is 0 Å². The van der Waals surface area contributed by atoms with E-state index in [0.717, 1.165) is 22.9 Å². The van der Waals surface area contributed by atoms with Crippen LogP contribution >= 0.6 is 15.9 Å². The molecule has 2 atom stereocenters. The van der Waals surface area contributed by atoms with Crippen LogP contribution in [0.3, 0.4) is 0 Å². The smallest absolute Gasteiger partial charge is 0.123 e. The van der Waals surface area contributed by atoms with E-state index in [4.69, 9.17) is 4.74 Å². The summed E-state index contributed by atoms with van der Waals surface area (Å²) in [5, 5.41) is 3.49. The molecule has 0 aliphatic heterocycles. The van der Waals surface area contributed by atoms with Crippen LogP contribution in [-0.2, 0) is 11.3 Å². The van der Waals surface area contributed by atoms with E-state index in [2.05, 4.69) is 21.2 Å². The second kappa shape index (κ2) is 6.64. The van der Waals surface area contributed by atoms with E-state index in [1.54, 1.807) is 19.2 Å². The van der Waals surface area contributed by atoms with Crippen molar-refractivity contribution in [2.45, 2.75) is 44.4 Å². The van der Waals surface area contributed by atoms with Gasteiger partial charge >= 0.3 is 0 Å². The van der Waals surface area contributed by atoms with Crippen molar-refractivity contribution in [3.05, 3.63) is 34.1 Å². The average molecular weight is 316 g/mol. The first-order valence-corrected chi connectivity index (χ1v) is 7.18. The SMILES string of the molecule is COC1CCCC(NCc2cc(F)ccc2Br)C1. The van der Waals surface area contributed by atoms with Crippen LogP contribution in [0.15, 0.2) is 22.7 Å². The number of halogens is 2. The summed E-state index contributed by atoms with van der Waals surface area (Å²) >= 11 is 3.45. The summed E-state index contributed by atoms with van der Waals surface area (Å²) in [5.41, 5.74) is 0.967. The first kappa shape index (κ1) is 14.0. The minimum atomic E-state index is -0.187. The lowest BCUT2D eigenvalue weighted by molar-refractivity contribution is 0.0586. The monoisotopic (exact) mass is 315 g/mol. The predicted molar refractivity (Wildman–Crippen MR) is 74.0 cm³/mol. The standard InChI is InChI=1S/C14H19BrFNO/c1-18-13-4-2-3-12(8-13)17-9-10-7-11(16)5-6-14(10)15/h5-7,12-13,17H,2-4,8-9H2,1H3. The number of ether oxygens (including phenoxy) is 1. The highest BCUT2D eigenvalue weighted by molar-refractivity contribution is 9.10. The highest BCUT2D eigenvalue weighted by atomic mass is 79.9. The van der Waals surface area contributed by atoms with Gasteiger partial charge in [-0.3, -0.25) is 0 Å². The van der Waals surface area contributed by atoms with Gasteiger partial charge in [0.15, 0.2) is 0 Å². The topological polar surface area (TPSA) is 21.3 Å². The Bertz CT molecular complexity index is 399. The molecule has 4 heteroatoms. The van der Waals surface area contributed by atoms with Gasteiger partial charge in [-0.05, 0) is 49.4 Å². The molecule has 0 radical (unpaired) electrons. The van der Waals surface area contributed by atoms with Crippen LogP contribution < -0.4 is 5.32 Å². The predicted octanol–water partition coefficient (Wildman–Crippen LogP) is 3.64. The zero-order valence-electron chi connectivity index (χ0n) is 10.6. The van der Waals surface area contributed by atoms with Crippen molar-refractivity contribution < 1.29 is 9.13 Å². The number of methoxy groups -OCH3 is 1. The molecule has 1 N–H and O–H groups in total. The van der Waals surface area contributed by atoms with Crippen LogP contribution in [0.5, 0.6) is 0 Å². The lowest BCUT2D eigenvalue weighted by Crippen LogP contribution is -2.36. The van der Waals surface area contributed by atoms with Crippen molar-refractivity contribution in [3.8, 4) is 0 Å². The molecular weight excluding hydrogens is 297 g/mol. The molecule has 0 amide bonds. The van der Waals surface area contributed by atoms with E-state index >= 15 is 0 Å². The summed E-state index contributed by atoms with van der Waals surface area (Å²) in [6, 6.07) is 5.27. The number of rotatable bonds is 4. The van der Waals surface area contributed by atoms with Gasteiger partial charge in [-0.2, -0.15) is 0 Å². The lowest BCUT2D eigenvalue weighted by atomic mass is 9.92. The summed E-state index contributed by atoms with van der Waals surface area (Å²) in [5.74, 6) is -0.187. The maximum Gasteiger partial charge on any atom is 0.123 e. The minimum Gasteiger partial charge on any atom is -0.381 e. The van der Waals surface area contributed by atoms with Gasteiger partial charge in [0.25, 0.3) is 0 Å². The minimum absolute atomic E-state index is 0.187. The molecule has 2 nitrogen and oxygen atoms in total. The summed E-state index contributed by atoms with van der Waals surface area (Å²) in [6.45, 7) is 0.694. The van der Waals surface area contributed by atoms with Gasteiger partial charge in [-0.15, -0.1) is 0 Å². The Morgan fingerprint density at radius 3 is 3.06 bits per heavy atom. The molecule has 100 valence electrons. The van der Waals surface area contributed by atoms with Gasteiger partial charge in [0.1, 0.15) is 5.82 Å². The van der Waals surface area contributed by atoms with Gasteiger partial charge in [-0.1, -0.05) is 15.9 Å². The van der Waals surface area contributed by atoms with Crippen LogP contribution in [0.25, 0.3) is 0 Å². The molecule has 1 aromatic rings. The van der Waals surface area contributed by atoms with Gasteiger partial charge < -0.3 is 10.1 Å². The third kappa shape index (κ3) is 3.77. The molecule has 2 rings (SSSR count). The van der Waals surface area contributed by atoms with Crippen LogP contribution in [0.2, 0.25) is 0 Å². The second-order valence-electron chi connectivity index (χ2n) is 4.84. The van der Waals surface area contributed by atoms with E-state index in [9.17, 15) is 4.39 Å². The van der Waals surface area contributed by atoms with Gasteiger partial charge in [0.05, 0.1) is 6.10 Å². The molecule has 1 fully saturated rings. The molecule has 1 aliphatic rings. The average Bonchev–Trinajstić information content (AvgIpc) is 2.40. The maximum absolute atomic E-state index is 13.2. The highest BCUT2D eigenvalue weighted by Crippen LogP contribution is 2.22. The fraction of sp³-hybridized carbons (Fsp3) is 0.571. The van der Waals surface area contributed by atoms with Crippen LogP contribution in [0, 0.1) is 5.82 Å². The van der Waals surface area contributed by atoms with Crippen molar-refractivity contribution in [1.82, 2.24) is 5.32 Å². The van der Waals surface area contributed by atoms with Gasteiger partial charge in [0, 0.05) is 24.2 Å². The molecule has 1 saturated carbocycles. The summed E-state index contributed by atoms with van der Waals surface area (Å²) < 4.78 is 19.5. The molecule has 0 bridgehead atoms. The maximum atomic E-state index is 13.2. The van der Waals surface area contributed by atoms with E-state index in [1.807, 2.05) is 0 Å². The van der Waals surface area contributed by atoms with Crippen LogP contribution in [0.1, 0.15) is 31.2 Å². The van der Waals surface area contributed by atoms with Crippen molar-refractivity contribution in [2.24, 2.45) is 0 Å². The summed E-state index contributed by atoms with van der Waals surface area (Å²) in [4.78, 5) is 0. The van der Waals surface area contributed by atoms with Crippen molar-refractivity contribution in [3.63, 3.8) is 0 Å². The number of hydrogen-bond donors (Lipinski definition) is 1. The Morgan fingerprint density at radius 1 is 1.44 bits per heavy atom. The Hall–Kier alpha value is -0.450. The third-order valence-electron chi connectivity index (χ3n) is 3.55. The normalized spacial score (nSPS) is 24.2. The lowest BCUT2D eigenvalue weighted by Gasteiger charge is -2.29. The molecule has 0 heterocycles. The Balaban J connectivity index is 1.89. The number of nitrogens with one attached hydrogen (secondary N) is 1. The molecule has 1 aliphatic carbocycles. The molecular formula is C14H19BrFNO. The molecule has 2 unspecified atom stereocenters. The fourth-order valence-corrected chi connectivity index (χ4v) is 2.86. The van der Waals surface area contributed by atoms with Crippen LogP contribution in [0.4, 0.5) is 4.39 Å². The van der Waals surface area contributed by atoms with Gasteiger partial charge in [0.2, 0.25) is 0 Å². The molecule has 0 spiro atoms. The van der Waals surface area contributed by atoms with Crippen LogP contribution in [-0.4, -0.2) is 19.3 Å². The van der Waals surface area contributed by atoms with Crippen molar-refractivity contribution in [1.29, 1.82) is 0 Å². The number of benzene rings is 1. The van der Waals surface area contributed by atoms with Crippen molar-refractivity contribution in [2.75, 3.05) is 7.11 Å². The Labute approximate surface area is 116 Å². The Kier molecular flexibility index (Phi) is 5.15. The second-order valence-corrected chi connectivity index (χ2v) is 5.69. The van der Waals surface area contributed by atoms with E-state index in [0.29, 0.717) is 18.7 Å². The largest absolute Gasteiger partial charge is 0.381 e. The molecule has 0 saturated heterocycles. The molecule has 1 aromatic carbocycles. The highest BCUT2D eigenvalue weighted by Gasteiger charge is 2.21. The third-order valence-corrected chi connectivity index (χ3v) is 4.32. The fourth-order valence-electron chi connectivity index (χ4n) is 2.48. The zero-order chi connectivity index (χ0) is 13.0. The first-order valence-electron chi connectivity index (χ1n) is 6.39. The number of hydrogen-bond acceptors (Lipinski definition) is 2. The summed E-state index contributed by atoms with van der Waals surface area (Å²) in [7, 11) is 1.77. The molecule has 0 aromatic heterocycles. The summed E-state index contributed by atoms with van der Waals surface area (Å²) in [6.07, 6.45) is 4.93. The molecule has 18 heavy (non-hydrogen) atoms. The first-order chi connectivity index (χ1) is 8.69. The van der Waals surface area contributed by atoms with Gasteiger partial charge in [-0.25, -0.2) is 4.39 Å². The van der Waals surface area contributed by atoms with E-state index in [-0.39, 0.29) is 5.82 Å².